The molecule has 4 rings (SSSR count). The number of nitrogens with one attached hydrogen (secondary N) is 2. The third kappa shape index (κ3) is 4.92. The molecule has 0 saturated carbocycles. The molecule has 1 aliphatic rings. The number of methoxy groups -OCH3 is 1. The van der Waals surface area contributed by atoms with E-state index in [0.29, 0.717) is 32.9 Å². The number of rotatable bonds is 6. The minimum Gasteiger partial charge on any atom is -0.497 e. The van der Waals surface area contributed by atoms with Crippen LogP contribution in [0.15, 0.2) is 53.6 Å². The highest BCUT2D eigenvalue weighted by Gasteiger charge is 2.14. The summed E-state index contributed by atoms with van der Waals surface area (Å²) in [6, 6.07) is 15.1. The van der Waals surface area contributed by atoms with E-state index < -0.39 is 0 Å². The standard InChI is InChI=1S/C21H21Cl2N5OS/c1-29-14-5-6-16(22)15(13-14)21-17(23)7-8-18(25-21)27-30-20-4-2-3-19(26-20)28-11-9-24-10-12-28/h2-8,13,24H,9-12H2,1H3,(H,25,27). The molecule has 3 heterocycles. The number of benzene rings is 1. The summed E-state index contributed by atoms with van der Waals surface area (Å²) in [7, 11) is 1.61. The predicted molar refractivity (Wildman–Crippen MR) is 125 cm³/mol. The van der Waals surface area contributed by atoms with Gasteiger partial charge in [-0.2, -0.15) is 0 Å². The molecule has 0 spiro atoms. The zero-order chi connectivity index (χ0) is 20.9. The molecule has 30 heavy (non-hydrogen) atoms. The molecule has 3 aromatic rings. The Balaban J connectivity index is 1.52. The first-order chi connectivity index (χ1) is 14.6. The lowest BCUT2D eigenvalue weighted by molar-refractivity contribution is 0.415. The fraction of sp³-hybridized carbons (Fsp3) is 0.238. The van der Waals surface area contributed by atoms with Crippen molar-refractivity contribution in [3.8, 4) is 17.0 Å². The quantitative estimate of drug-likeness (QED) is 0.501. The van der Waals surface area contributed by atoms with Gasteiger partial charge in [0.15, 0.2) is 0 Å². The predicted octanol–water partition coefficient (Wildman–Crippen LogP) is 4.99. The molecule has 0 unspecified atom stereocenters. The monoisotopic (exact) mass is 461 g/mol. The lowest BCUT2D eigenvalue weighted by Gasteiger charge is -2.28. The van der Waals surface area contributed by atoms with Crippen LogP contribution in [0.25, 0.3) is 11.3 Å². The van der Waals surface area contributed by atoms with Crippen LogP contribution in [-0.4, -0.2) is 43.3 Å². The van der Waals surface area contributed by atoms with Gasteiger partial charge in [0.2, 0.25) is 0 Å². The first-order valence-electron chi connectivity index (χ1n) is 9.50. The Morgan fingerprint density at radius 1 is 1.03 bits per heavy atom. The van der Waals surface area contributed by atoms with E-state index in [1.54, 1.807) is 25.3 Å². The first kappa shape index (κ1) is 21.1. The van der Waals surface area contributed by atoms with Gasteiger partial charge in [-0.25, -0.2) is 9.97 Å². The molecule has 1 aromatic carbocycles. The number of nitrogens with zero attached hydrogens (tertiary/aromatic N) is 3. The van der Waals surface area contributed by atoms with Crippen LogP contribution < -0.4 is 19.7 Å². The van der Waals surface area contributed by atoms with Gasteiger partial charge in [-0.05, 0) is 42.5 Å². The van der Waals surface area contributed by atoms with Crippen molar-refractivity contribution < 1.29 is 4.74 Å². The number of hydrogen-bond acceptors (Lipinski definition) is 7. The topological polar surface area (TPSA) is 62.3 Å². The van der Waals surface area contributed by atoms with Gasteiger partial charge in [-0.3, -0.25) is 0 Å². The second kappa shape index (κ2) is 9.75. The number of ether oxygens (including phenoxy) is 1. The van der Waals surface area contributed by atoms with E-state index in [1.807, 2.05) is 30.3 Å². The summed E-state index contributed by atoms with van der Waals surface area (Å²) >= 11 is 14.2. The van der Waals surface area contributed by atoms with Crippen molar-refractivity contribution in [2.24, 2.45) is 0 Å². The van der Waals surface area contributed by atoms with Gasteiger partial charge in [0, 0.05) is 43.7 Å². The number of anilines is 2. The van der Waals surface area contributed by atoms with E-state index in [2.05, 4.69) is 19.9 Å². The number of hydrogen-bond donors (Lipinski definition) is 2. The summed E-state index contributed by atoms with van der Waals surface area (Å²) in [5, 5.41) is 5.29. The summed E-state index contributed by atoms with van der Waals surface area (Å²) in [6.45, 7) is 3.86. The highest BCUT2D eigenvalue weighted by molar-refractivity contribution is 8.00. The number of halogens is 2. The minimum absolute atomic E-state index is 0.513. The summed E-state index contributed by atoms with van der Waals surface area (Å²) in [5.41, 5.74) is 1.31. The van der Waals surface area contributed by atoms with E-state index in [-0.39, 0.29) is 0 Å². The normalized spacial score (nSPS) is 13.9. The van der Waals surface area contributed by atoms with Crippen LogP contribution in [-0.2, 0) is 0 Å². The van der Waals surface area contributed by atoms with Crippen LogP contribution in [0, 0.1) is 0 Å². The Morgan fingerprint density at radius 3 is 2.63 bits per heavy atom. The molecule has 1 saturated heterocycles. The Morgan fingerprint density at radius 2 is 1.83 bits per heavy atom. The van der Waals surface area contributed by atoms with Gasteiger partial charge >= 0.3 is 0 Å². The number of aromatic nitrogens is 2. The van der Waals surface area contributed by atoms with Crippen molar-refractivity contribution in [3.05, 3.63) is 58.6 Å². The largest absolute Gasteiger partial charge is 0.497 e. The molecule has 156 valence electrons. The van der Waals surface area contributed by atoms with Crippen molar-refractivity contribution in [2.75, 3.05) is 42.9 Å². The molecule has 0 atom stereocenters. The molecular weight excluding hydrogens is 441 g/mol. The molecule has 2 N–H and O–H groups in total. The Bertz CT molecular complexity index is 1030. The van der Waals surface area contributed by atoms with Crippen LogP contribution in [0.1, 0.15) is 0 Å². The first-order valence-corrected chi connectivity index (χ1v) is 11.1. The Kier molecular flexibility index (Phi) is 6.84. The van der Waals surface area contributed by atoms with E-state index in [4.69, 9.17) is 32.9 Å². The fourth-order valence-electron chi connectivity index (χ4n) is 3.14. The average Bonchev–Trinajstić information content (AvgIpc) is 2.80. The zero-order valence-electron chi connectivity index (χ0n) is 16.4. The molecule has 2 aromatic heterocycles. The van der Waals surface area contributed by atoms with E-state index in [9.17, 15) is 0 Å². The summed E-state index contributed by atoms with van der Waals surface area (Å²) in [5.74, 6) is 2.33. The maximum Gasteiger partial charge on any atom is 0.136 e. The van der Waals surface area contributed by atoms with E-state index >= 15 is 0 Å². The van der Waals surface area contributed by atoms with Gasteiger partial charge in [-0.15, -0.1) is 0 Å². The lowest BCUT2D eigenvalue weighted by Crippen LogP contribution is -2.43. The molecule has 1 aliphatic heterocycles. The van der Waals surface area contributed by atoms with Crippen molar-refractivity contribution in [3.63, 3.8) is 0 Å². The molecule has 0 aliphatic carbocycles. The van der Waals surface area contributed by atoms with Crippen molar-refractivity contribution in [1.29, 1.82) is 0 Å². The lowest BCUT2D eigenvalue weighted by atomic mass is 10.1. The highest BCUT2D eigenvalue weighted by Crippen LogP contribution is 2.35. The van der Waals surface area contributed by atoms with Gasteiger partial charge in [0.05, 0.1) is 22.8 Å². The van der Waals surface area contributed by atoms with Crippen molar-refractivity contribution in [2.45, 2.75) is 5.03 Å². The Hall–Kier alpha value is -2.19. The van der Waals surface area contributed by atoms with Crippen molar-refractivity contribution >= 4 is 46.8 Å². The summed E-state index contributed by atoms with van der Waals surface area (Å²) in [4.78, 5) is 11.7. The summed E-state index contributed by atoms with van der Waals surface area (Å²) in [6.07, 6.45) is 0. The Labute approximate surface area is 190 Å². The third-order valence-electron chi connectivity index (χ3n) is 4.68. The number of pyridine rings is 2. The third-order valence-corrected chi connectivity index (χ3v) is 6.07. The zero-order valence-corrected chi connectivity index (χ0v) is 18.7. The van der Waals surface area contributed by atoms with Crippen molar-refractivity contribution in [1.82, 2.24) is 15.3 Å². The van der Waals surface area contributed by atoms with Crippen LogP contribution >= 0.6 is 35.1 Å². The smallest absolute Gasteiger partial charge is 0.136 e. The van der Waals surface area contributed by atoms with Gasteiger partial charge in [0.1, 0.15) is 22.4 Å². The second-order valence-corrected chi connectivity index (χ2v) is 8.29. The SMILES string of the molecule is COc1ccc(Cl)c(-c2nc(NSc3cccc(N4CCNCC4)n3)ccc2Cl)c1. The fourth-order valence-corrected chi connectivity index (χ4v) is 4.16. The molecule has 0 bridgehead atoms. The molecule has 1 fully saturated rings. The highest BCUT2D eigenvalue weighted by atomic mass is 35.5. The maximum absolute atomic E-state index is 6.40. The maximum atomic E-state index is 6.40. The average molecular weight is 462 g/mol. The molecular formula is C21H21Cl2N5OS. The van der Waals surface area contributed by atoms with E-state index in [1.165, 1.54) is 11.9 Å². The van der Waals surface area contributed by atoms with Gasteiger partial charge < -0.3 is 19.7 Å². The molecule has 9 heteroatoms. The van der Waals surface area contributed by atoms with Crippen LogP contribution in [0.5, 0.6) is 5.75 Å². The minimum atomic E-state index is 0.513. The number of piperazine rings is 1. The van der Waals surface area contributed by atoms with Crippen LogP contribution in [0.2, 0.25) is 10.0 Å². The van der Waals surface area contributed by atoms with Crippen LogP contribution in [0.3, 0.4) is 0 Å². The van der Waals surface area contributed by atoms with Crippen LogP contribution in [0.4, 0.5) is 11.6 Å². The van der Waals surface area contributed by atoms with Gasteiger partial charge in [0.25, 0.3) is 0 Å². The van der Waals surface area contributed by atoms with E-state index in [0.717, 1.165) is 37.0 Å². The van der Waals surface area contributed by atoms with Gasteiger partial charge in [-0.1, -0.05) is 29.3 Å². The second-order valence-electron chi connectivity index (χ2n) is 6.65. The summed E-state index contributed by atoms with van der Waals surface area (Å²) < 4.78 is 8.56. The molecule has 0 radical (unpaired) electrons. The molecule has 0 amide bonds. The molecule has 6 nitrogen and oxygen atoms in total.